The van der Waals surface area contributed by atoms with Gasteiger partial charge in [-0.25, -0.2) is 5.43 Å². The second-order valence-corrected chi connectivity index (χ2v) is 7.76. The van der Waals surface area contributed by atoms with Crippen molar-refractivity contribution in [3.05, 3.63) is 52.9 Å². The highest BCUT2D eigenvalue weighted by Gasteiger charge is 2.23. The van der Waals surface area contributed by atoms with Gasteiger partial charge in [0.2, 0.25) is 0 Å². The van der Waals surface area contributed by atoms with Crippen molar-refractivity contribution in [3.8, 4) is 11.1 Å². The van der Waals surface area contributed by atoms with Crippen molar-refractivity contribution in [2.24, 2.45) is 0 Å². The van der Waals surface area contributed by atoms with Gasteiger partial charge >= 0.3 is 0 Å². The van der Waals surface area contributed by atoms with Gasteiger partial charge in [-0.3, -0.25) is 9.78 Å². The fourth-order valence-corrected chi connectivity index (χ4v) is 3.87. The highest BCUT2D eigenvalue weighted by atomic mass is 16.1. The van der Waals surface area contributed by atoms with Crippen molar-refractivity contribution in [2.75, 3.05) is 5.01 Å². The number of hydrogen-bond acceptors (Lipinski definition) is 4. The molecule has 0 radical (unpaired) electrons. The first kappa shape index (κ1) is 27.6. The number of hydrogen-bond donors (Lipinski definition) is 1. The Bertz CT molecular complexity index is 873. The van der Waals surface area contributed by atoms with Crippen LogP contribution in [0, 0.1) is 6.92 Å². The minimum absolute atomic E-state index is 0.482. The maximum absolute atomic E-state index is 11.1. The Hall–Kier alpha value is -2.46. The number of aromatic nitrogens is 1. The number of anilines is 1. The van der Waals surface area contributed by atoms with Gasteiger partial charge in [-0.15, -0.1) is 0 Å². The molecule has 0 spiro atoms. The minimum atomic E-state index is 0.482. The molecule has 0 saturated heterocycles. The average Bonchev–Trinajstić information content (AvgIpc) is 3.26. The molecule has 2 aromatic rings. The summed E-state index contributed by atoms with van der Waals surface area (Å²) in [5.41, 5.74) is 11.1. The van der Waals surface area contributed by atoms with Gasteiger partial charge in [0.25, 0.3) is 0 Å². The molecule has 1 aromatic heterocycles. The van der Waals surface area contributed by atoms with E-state index in [4.69, 9.17) is 0 Å². The number of nitrogens with zero attached hydrogens (tertiary/aromatic N) is 2. The zero-order valence-corrected chi connectivity index (χ0v) is 21.5. The number of rotatable bonds is 8. The molecule has 1 aliphatic rings. The lowest BCUT2D eigenvalue weighted by atomic mass is 9.96. The van der Waals surface area contributed by atoms with Crippen LogP contribution in [0.25, 0.3) is 17.2 Å². The van der Waals surface area contributed by atoms with Gasteiger partial charge in [-0.05, 0) is 73.7 Å². The lowest BCUT2D eigenvalue weighted by Gasteiger charge is -2.27. The molecule has 0 bridgehead atoms. The molecule has 0 saturated carbocycles. The molecule has 0 amide bonds. The van der Waals surface area contributed by atoms with Gasteiger partial charge in [-0.2, -0.15) is 0 Å². The topological polar surface area (TPSA) is 45.2 Å². The minimum Gasteiger partial charge on any atom is -0.305 e. The van der Waals surface area contributed by atoms with Crippen LogP contribution in [-0.4, -0.2) is 17.3 Å². The Morgan fingerprint density at radius 1 is 1.19 bits per heavy atom. The van der Waals surface area contributed by atoms with Crippen LogP contribution < -0.4 is 10.4 Å². The summed E-state index contributed by atoms with van der Waals surface area (Å²) in [5.74, 6) is 0. The highest BCUT2D eigenvalue weighted by molar-refractivity contribution is 5.86. The summed E-state index contributed by atoms with van der Waals surface area (Å²) in [6.07, 6.45) is 9.68. The molecule has 1 aliphatic heterocycles. The number of pyridine rings is 1. The Balaban J connectivity index is 0.00000121. The van der Waals surface area contributed by atoms with Crippen LogP contribution in [0.3, 0.4) is 0 Å². The number of carbonyl (C=O) groups excluding carboxylic acids is 1. The fraction of sp³-hybridized carbons (Fsp3) is 0.500. The van der Waals surface area contributed by atoms with Crippen LogP contribution in [-0.2, 0) is 11.3 Å². The maximum Gasteiger partial charge on any atom is 0.145 e. The Morgan fingerprint density at radius 2 is 1.91 bits per heavy atom. The van der Waals surface area contributed by atoms with Gasteiger partial charge < -0.3 is 5.01 Å². The molecular weight excluding hydrogens is 394 g/mol. The number of fused-ring (bicyclic) bond motifs is 1. The van der Waals surface area contributed by atoms with E-state index in [0.29, 0.717) is 11.6 Å². The van der Waals surface area contributed by atoms with Crippen LogP contribution in [0.4, 0.5) is 5.69 Å². The quantitative estimate of drug-likeness (QED) is 0.264. The van der Waals surface area contributed by atoms with Crippen LogP contribution in [0.15, 0.2) is 36.0 Å². The Labute approximate surface area is 196 Å². The molecular formula is C28H43N3O. The number of nitrogens with one attached hydrogen (secondary N) is 1. The van der Waals surface area contributed by atoms with Gasteiger partial charge in [0, 0.05) is 30.0 Å². The molecule has 32 heavy (non-hydrogen) atoms. The van der Waals surface area contributed by atoms with Crippen molar-refractivity contribution in [2.45, 2.75) is 93.7 Å². The van der Waals surface area contributed by atoms with Gasteiger partial charge in [0.05, 0.1) is 5.69 Å². The van der Waals surface area contributed by atoms with Crippen LogP contribution in [0.1, 0.15) is 91.0 Å². The molecule has 0 fully saturated rings. The number of aldehydes is 1. The largest absolute Gasteiger partial charge is 0.305 e. The monoisotopic (exact) mass is 437 g/mol. The average molecular weight is 438 g/mol. The first-order valence-corrected chi connectivity index (χ1v) is 12.3. The summed E-state index contributed by atoms with van der Waals surface area (Å²) in [6, 6.07) is 9.18. The van der Waals surface area contributed by atoms with Gasteiger partial charge in [0.1, 0.15) is 6.29 Å². The smallest absolute Gasteiger partial charge is 0.145 e. The maximum atomic E-state index is 11.1. The molecule has 176 valence electrons. The molecule has 4 heteroatoms. The standard InChI is InChI=1S/C24H31N3O.2C2H6/c1-5-6-7-8-18(3)27-24-10-9-20(14-21(24)15-26-27)22-11-12-25-19(4)23(22)13-17(2)16-28;2*1-2/h9-14,16,18,26H,5-8,15H2,1-4H3;2*1-2H3/b17-13+;;. The molecule has 0 aliphatic carbocycles. The van der Waals surface area contributed by atoms with Crippen LogP contribution >= 0.6 is 0 Å². The highest BCUT2D eigenvalue weighted by Crippen LogP contribution is 2.34. The first-order valence-electron chi connectivity index (χ1n) is 12.3. The van der Waals surface area contributed by atoms with E-state index < -0.39 is 0 Å². The second kappa shape index (κ2) is 14.6. The summed E-state index contributed by atoms with van der Waals surface area (Å²) in [5, 5.41) is 2.32. The number of carbonyl (C=O) groups is 1. The van der Waals surface area contributed by atoms with E-state index in [-0.39, 0.29) is 0 Å². The summed E-state index contributed by atoms with van der Waals surface area (Å²) in [6.45, 7) is 17.2. The summed E-state index contributed by atoms with van der Waals surface area (Å²) < 4.78 is 0. The third-order valence-electron chi connectivity index (χ3n) is 5.50. The number of unbranched alkanes of at least 4 members (excludes halogenated alkanes) is 2. The number of allylic oxidation sites excluding steroid dienone is 1. The summed E-state index contributed by atoms with van der Waals surface area (Å²) in [4.78, 5) is 15.5. The Morgan fingerprint density at radius 3 is 2.56 bits per heavy atom. The van der Waals surface area contributed by atoms with Gasteiger partial charge in [-0.1, -0.05) is 59.9 Å². The van der Waals surface area contributed by atoms with Crippen molar-refractivity contribution in [1.82, 2.24) is 10.4 Å². The fourth-order valence-electron chi connectivity index (χ4n) is 3.87. The molecule has 1 atom stereocenters. The third-order valence-corrected chi connectivity index (χ3v) is 5.50. The molecule has 1 unspecified atom stereocenters. The van der Waals surface area contributed by atoms with Crippen LogP contribution in [0.2, 0.25) is 0 Å². The molecule has 1 N–H and O–H groups in total. The molecule has 3 rings (SSSR count). The number of benzene rings is 1. The molecule has 4 nitrogen and oxygen atoms in total. The third kappa shape index (κ3) is 7.03. The second-order valence-electron chi connectivity index (χ2n) is 7.76. The zero-order chi connectivity index (χ0) is 24.1. The first-order chi connectivity index (χ1) is 15.5. The van der Waals surface area contributed by atoms with E-state index in [1.165, 1.54) is 36.9 Å². The van der Waals surface area contributed by atoms with E-state index >= 15 is 0 Å². The SMILES string of the molecule is CC.CC.CCCCCC(C)N1NCc2cc(-c3ccnc(C)c3/C=C(\C)C=O)ccc21. The van der Waals surface area contributed by atoms with E-state index in [9.17, 15) is 4.79 Å². The van der Waals surface area contributed by atoms with Crippen molar-refractivity contribution in [1.29, 1.82) is 0 Å². The van der Waals surface area contributed by atoms with E-state index in [1.807, 2.05) is 59.9 Å². The number of hydrazine groups is 1. The lowest BCUT2D eigenvalue weighted by Crippen LogP contribution is -2.39. The molecule has 1 aromatic carbocycles. The lowest BCUT2D eigenvalue weighted by molar-refractivity contribution is -0.104. The van der Waals surface area contributed by atoms with E-state index in [0.717, 1.165) is 35.2 Å². The summed E-state index contributed by atoms with van der Waals surface area (Å²) >= 11 is 0. The Kier molecular flexibility index (Phi) is 12.6. The summed E-state index contributed by atoms with van der Waals surface area (Å²) in [7, 11) is 0. The van der Waals surface area contributed by atoms with E-state index in [1.54, 1.807) is 0 Å². The van der Waals surface area contributed by atoms with Crippen molar-refractivity contribution in [3.63, 3.8) is 0 Å². The predicted molar refractivity (Wildman–Crippen MR) is 140 cm³/mol. The number of aryl methyl sites for hydroxylation is 1. The normalized spacial score (nSPS) is 13.4. The zero-order valence-electron chi connectivity index (χ0n) is 21.5. The van der Waals surface area contributed by atoms with Crippen LogP contribution in [0.5, 0.6) is 0 Å². The van der Waals surface area contributed by atoms with E-state index in [2.05, 4.69) is 47.5 Å². The molecule has 2 heterocycles. The van der Waals surface area contributed by atoms with Gasteiger partial charge in [0.15, 0.2) is 0 Å². The van der Waals surface area contributed by atoms with Crippen molar-refractivity contribution >= 4 is 18.0 Å². The van der Waals surface area contributed by atoms with Crippen molar-refractivity contribution < 1.29 is 4.79 Å². The predicted octanol–water partition coefficient (Wildman–Crippen LogP) is 7.51.